The number of hydrogen-bond acceptors (Lipinski definition) is 4. The summed E-state index contributed by atoms with van der Waals surface area (Å²) in [6.45, 7) is 0. The number of nitrogens with zero attached hydrogens (tertiary/aromatic N) is 4. The van der Waals surface area contributed by atoms with Crippen molar-refractivity contribution in [1.82, 2.24) is 0 Å². The van der Waals surface area contributed by atoms with Gasteiger partial charge in [0.2, 0.25) is 0 Å². The molecule has 0 aromatic heterocycles. The lowest BCUT2D eigenvalue weighted by atomic mass is 10.2. The van der Waals surface area contributed by atoms with Crippen molar-refractivity contribution in [1.29, 1.82) is 5.26 Å². The molecule has 0 heterocycles. The molecule has 16 heavy (non-hydrogen) atoms. The number of nitriles is 1. The average Bonchev–Trinajstić information content (AvgIpc) is 2.31. The van der Waals surface area contributed by atoms with E-state index in [0.717, 1.165) is 0 Å². The number of carbonyl (C=O) groups is 1. The van der Waals surface area contributed by atoms with Gasteiger partial charge in [-0.1, -0.05) is 0 Å². The zero-order chi connectivity index (χ0) is 12.0. The Kier molecular flexibility index (Phi) is 3.67. The fourth-order valence-electron chi connectivity index (χ4n) is 0.848. The van der Waals surface area contributed by atoms with Crippen molar-refractivity contribution in [3.05, 3.63) is 40.9 Å². The highest BCUT2D eigenvalue weighted by atomic mass is 16.4. The Labute approximate surface area is 90.7 Å². The van der Waals surface area contributed by atoms with Gasteiger partial charge in [-0.2, -0.15) is 5.26 Å². The van der Waals surface area contributed by atoms with Gasteiger partial charge in [0.25, 0.3) is 0 Å². The Morgan fingerprint density at radius 1 is 1.38 bits per heavy atom. The summed E-state index contributed by atoms with van der Waals surface area (Å²) in [6.07, 6.45) is 0. The van der Waals surface area contributed by atoms with E-state index < -0.39 is 5.97 Å². The molecule has 0 amide bonds. The number of carboxylic acids is 1. The van der Waals surface area contributed by atoms with Crippen molar-refractivity contribution in [2.45, 2.75) is 0 Å². The van der Waals surface area contributed by atoms with Gasteiger partial charge < -0.3 is 10.5 Å². The van der Waals surface area contributed by atoms with Crippen LogP contribution < -0.4 is 0 Å². The van der Waals surface area contributed by atoms with E-state index in [2.05, 4.69) is 10.2 Å². The van der Waals surface area contributed by atoms with Gasteiger partial charge in [0.15, 0.2) is 5.70 Å². The van der Waals surface area contributed by atoms with Crippen LogP contribution in [0.4, 0.5) is 5.69 Å². The monoisotopic (exact) mass is 213 g/mol. The van der Waals surface area contributed by atoms with Crippen molar-refractivity contribution in [2.75, 3.05) is 0 Å². The number of allylic oxidation sites excluding steroid dienone is 1. The first-order valence-corrected chi connectivity index (χ1v) is 4.09. The molecule has 0 aliphatic rings. The molecular formula is C10H5N4O2-. The van der Waals surface area contributed by atoms with Gasteiger partial charge >= 0.3 is 5.97 Å². The van der Waals surface area contributed by atoms with Crippen LogP contribution in [0, 0.1) is 11.3 Å². The molecule has 0 radical (unpaired) electrons. The van der Waals surface area contributed by atoms with Crippen molar-refractivity contribution >= 4 is 17.5 Å². The summed E-state index contributed by atoms with van der Waals surface area (Å²) in [6, 6.07) is 7.12. The fourth-order valence-corrected chi connectivity index (χ4v) is 0.848. The third-order valence-corrected chi connectivity index (χ3v) is 1.59. The van der Waals surface area contributed by atoms with Gasteiger partial charge in [-0.25, -0.2) is 10.7 Å². The van der Waals surface area contributed by atoms with E-state index in [1.54, 1.807) is 11.9 Å². The van der Waals surface area contributed by atoms with Crippen LogP contribution in [0.5, 0.6) is 0 Å². The van der Waals surface area contributed by atoms with Crippen molar-refractivity contribution < 1.29 is 9.90 Å². The van der Waals surface area contributed by atoms with Crippen molar-refractivity contribution in [3.8, 4) is 6.07 Å². The zero-order valence-corrected chi connectivity index (χ0v) is 7.95. The number of carboxylic acid groups (broad SMARTS) is 1. The van der Waals surface area contributed by atoms with Gasteiger partial charge in [0.1, 0.15) is 6.07 Å². The molecule has 1 aromatic rings. The van der Waals surface area contributed by atoms with Crippen LogP contribution >= 0.6 is 0 Å². The van der Waals surface area contributed by atoms with Crippen LogP contribution in [0.15, 0.2) is 40.2 Å². The minimum atomic E-state index is -1.04. The zero-order valence-electron chi connectivity index (χ0n) is 7.95. The summed E-state index contributed by atoms with van der Waals surface area (Å²) in [5.74, 6) is 0.515. The molecule has 6 heteroatoms. The summed E-state index contributed by atoms with van der Waals surface area (Å²) >= 11 is 0. The van der Waals surface area contributed by atoms with E-state index >= 15 is 0 Å². The number of rotatable bonds is 3. The molecule has 0 unspecified atom stereocenters. The number of hydrogen-bond donors (Lipinski definition) is 1. The Morgan fingerprint density at radius 2 is 2.00 bits per heavy atom. The van der Waals surface area contributed by atoms with Crippen LogP contribution in [-0.2, 0) is 0 Å². The lowest BCUT2D eigenvalue weighted by molar-refractivity contribution is 0.0697. The second-order valence-corrected chi connectivity index (χ2v) is 2.62. The van der Waals surface area contributed by atoms with E-state index in [1.807, 2.05) is 0 Å². The van der Waals surface area contributed by atoms with Crippen LogP contribution in [-0.4, -0.2) is 16.9 Å². The Bertz CT molecular complexity index is 519. The standard InChI is InChI=1S/C10H5N4O2/c11-5-9(6-12)14-13-8-3-1-7(2-4-8)10(15)16/h1-4H,(H,15,16)/q-1. The molecule has 0 aliphatic carbocycles. The molecule has 0 fully saturated rings. The second-order valence-electron chi connectivity index (χ2n) is 2.62. The van der Waals surface area contributed by atoms with Crippen LogP contribution in [0.25, 0.3) is 5.41 Å². The Balaban J connectivity index is 2.89. The Hall–Kier alpha value is -2.77. The SMILES string of the molecule is N#CC(=C=[N-])N=Nc1ccc(C(=O)O)cc1. The van der Waals surface area contributed by atoms with E-state index in [-0.39, 0.29) is 11.3 Å². The maximum Gasteiger partial charge on any atom is 0.335 e. The smallest absolute Gasteiger partial charge is 0.335 e. The first-order valence-electron chi connectivity index (χ1n) is 4.09. The largest absolute Gasteiger partial charge is 0.761 e. The van der Waals surface area contributed by atoms with Gasteiger partial charge in [-0.05, 0) is 24.3 Å². The fraction of sp³-hybridized carbons (Fsp3) is 0. The highest BCUT2D eigenvalue weighted by molar-refractivity contribution is 5.87. The predicted octanol–water partition coefficient (Wildman–Crippen LogP) is 2.12. The summed E-state index contributed by atoms with van der Waals surface area (Å²) in [5.41, 5.74) is 0.138. The molecule has 1 rings (SSSR count). The molecule has 6 nitrogen and oxygen atoms in total. The molecule has 0 spiro atoms. The summed E-state index contributed by atoms with van der Waals surface area (Å²) in [7, 11) is 0. The summed E-state index contributed by atoms with van der Waals surface area (Å²) < 4.78 is 0. The van der Waals surface area contributed by atoms with Gasteiger partial charge in [0.05, 0.1) is 11.3 Å². The summed E-state index contributed by atoms with van der Waals surface area (Å²) in [5, 5.41) is 32.4. The highest BCUT2D eigenvalue weighted by Gasteiger charge is 2.00. The van der Waals surface area contributed by atoms with E-state index in [9.17, 15) is 4.79 Å². The molecule has 0 aliphatic heterocycles. The average molecular weight is 213 g/mol. The molecule has 1 N–H and O–H groups in total. The first kappa shape index (κ1) is 11.3. The van der Waals surface area contributed by atoms with Crippen LogP contribution in [0.2, 0.25) is 0 Å². The lowest BCUT2D eigenvalue weighted by Crippen LogP contribution is -1.93. The summed E-state index contributed by atoms with van der Waals surface area (Å²) in [4.78, 5) is 10.5. The minimum absolute atomic E-state index is 0.128. The third-order valence-electron chi connectivity index (χ3n) is 1.59. The molecule has 78 valence electrons. The molecule has 1 aromatic carbocycles. The molecular weight excluding hydrogens is 208 g/mol. The van der Waals surface area contributed by atoms with E-state index in [4.69, 9.17) is 15.8 Å². The predicted molar refractivity (Wildman–Crippen MR) is 55.4 cm³/mol. The van der Waals surface area contributed by atoms with Crippen molar-refractivity contribution in [2.24, 2.45) is 10.2 Å². The van der Waals surface area contributed by atoms with Crippen molar-refractivity contribution in [3.63, 3.8) is 0 Å². The molecule has 0 atom stereocenters. The van der Waals surface area contributed by atoms with Gasteiger partial charge in [-0.3, -0.25) is 0 Å². The Morgan fingerprint density at radius 3 is 2.44 bits per heavy atom. The number of aromatic carboxylic acids is 1. The molecule has 0 bridgehead atoms. The molecule has 0 saturated carbocycles. The van der Waals surface area contributed by atoms with E-state index in [1.165, 1.54) is 24.3 Å². The topological polar surface area (TPSA) is 108 Å². The van der Waals surface area contributed by atoms with Gasteiger partial charge in [0, 0.05) is 0 Å². The number of benzene rings is 1. The molecule has 0 saturated heterocycles. The normalized spacial score (nSPS) is 9.44. The second kappa shape index (κ2) is 5.20. The lowest BCUT2D eigenvalue weighted by Gasteiger charge is -1.94. The first-order chi connectivity index (χ1) is 7.67. The van der Waals surface area contributed by atoms with E-state index in [0.29, 0.717) is 5.69 Å². The maximum atomic E-state index is 10.5. The highest BCUT2D eigenvalue weighted by Crippen LogP contribution is 2.14. The minimum Gasteiger partial charge on any atom is -0.761 e. The quantitative estimate of drug-likeness (QED) is 0.471. The van der Waals surface area contributed by atoms with Crippen LogP contribution in [0.3, 0.4) is 0 Å². The van der Waals surface area contributed by atoms with Crippen LogP contribution in [0.1, 0.15) is 10.4 Å². The third kappa shape index (κ3) is 2.87. The number of azo groups is 1. The van der Waals surface area contributed by atoms with Gasteiger partial charge in [-0.15, -0.1) is 10.2 Å². The maximum absolute atomic E-state index is 10.5.